The van der Waals surface area contributed by atoms with Gasteiger partial charge < -0.3 is 23.9 Å². The van der Waals surface area contributed by atoms with Gasteiger partial charge in [-0.2, -0.15) is 4.37 Å². The van der Waals surface area contributed by atoms with Gasteiger partial charge in [-0.05, 0) is 48.9 Å². The van der Waals surface area contributed by atoms with Gasteiger partial charge in [-0.1, -0.05) is 29.8 Å². The first kappa shape index (κ1) is 25.8. The summed E-state index contributed by atoms with van der Waals surface area (Å²) in [6.45, 7) is 6.23. The van der Waals surface area contributed by atoms with Crippen LogP contribution in [0, 0.1) is 6.92 Å². The highest BCUT2D eigenvalue weighted by Gasteiger charge is 2.23. The number of hydrogen-bond acceptors (Lipinski definition) is 8. The van der Waals surface area contributed by atoms with Crippen LogP contribution in [0.3, 0.4) is 0 Å². The first-order chi connectivity index (χ1) is 18.6. The number of aromatic nitrogens is 2. The van der Waals surface area contributed by atoms with Crippen LogP contribution < -0.4 is 14.5 Å². The van der Waals surface area contributed by atoms with Gasteiger partial charge in [-0.15, -0.1) is 0 Å². The molecule has 1 amide bonds. The third-order valence-electron chi connectivity index (χ3n) is 6.80. The van der Waals surface area contributed by atoms with Crippen LogP contribution in [0.25, 0.3) is 0 Å². The number of aryl methyl sites for hydroxylation is 1. The lowest BCUT2D eigenvalue weighted by atomic mass is 10.1. The quantitative estimate of drug-likeness (QED) is 0.291. The number of nitrogens with zero attached hydrogens (tertiary/aromatic N) is 5. The summed E-state index contributed by atoms with van der Waals surface area (Å²) in [6.07, 6.45) is 2.77. The standard InChI is InChI=1S/C29H33N5O3S/c1-22-5-7-23(8-6-22)20-27-30-29(38-31-27)34(21-26-4-3-19-37-26)14-13-28(35)33-17-15-32(16-18-33)24-9-11-25(36-2)12-10-24/h3-12,19H,13-18,20-21H2,1-2H3. The molecular weight excluding hydrogens is 498 g/mol. The van der Waals surface area contributed by atoms with Crippen molar-refractivity contribution in [3.05, 3.63) is 89.6 Å². The summed E-state index contributed by atoms with van der Waals surface area (Å²) >= 11 is 1.37. The van der Waals surface area contributed by atoms with Crippen molar-refractivity contribution in [1.29, 1.82) is 0 Å². The van der Waals surface area contributed by atoms with Gasteiger partial charge in [0.1, 0.15) is 17.3 Å². The molecule has 0 saturated carbocycles. The van der Waals surface area contributed by atoms with Crippen molar-refractivity contribution in [3.63, 3.8) is 0 Å². The van der Waals surface area contributed by atoms with Crippen LogP contribution in [-0.4, -0.2) is 60.0 Å². The van der Waals surface area contributed by atoms with Gasteiger partial charge in [0.05, 0.1) is 19.9 Å². The molecular formula is C29H33N5O3S. The van der Waals surface area contributed by atoms with Crippen molar-refractivity contribution >= 4 is 28.3 Å². The largest absolute Gasteiger partial charge is 0.497 e. The molecule has 4 aromatic rings. The summed E-state index contributed by atoms with van der Waals surface area (Å²) < 4.78 is 15.5. The SMILES string of the molecule is COc1ccc(N2CCN(C(=O)CCN(Cc3ccco3)c3nc(Cc4ccc(C)cc4)ns3)CC2)cc1. The van der Waals surface area contributed by atoms with Crippen molar-refractivity contribution < 1.29 is 13.9 Å². The Balaban J connectivity index is 1.18. The average molecular weight is 532 g/mol. The summed E-state index contributed by atoms with van der Waals surface area (Å²) in [4.78, 5) is 24.3. The molecule has 0 aliphatic carbocycles. The molecule has 1 fully saturated rings. The van der Waals surface area contributed by atoms with E-state index in [1.165, 1.54) is 22.7 Å². The Kier molecular flexibility index (Phi) is 8.23. The number of piperazine rings is 1. The van der Waals surface area contributed by atoms with E-state index >= 15 is 0 Å². The normalized spacial score (nSPS) is 13.5. The summed E-state index contributed by atoms with van der Waals surface area (Å²) in [5, 5.41) is 0.806. The van der Waals surface area contributed by atoms with Gasteiger partial charge in [-0.3, -0.25) is 4.79 Å². The minimum atomic E-state index is 0.160. The summed E-state index contributed by atoms with van der Waals surface area (Å²) in [7, 11) is 1.67. The molecule has 0 unspecified atom stereocenters. The van der Waals surface area contributed by atoms with Crippen LogP contribution in [0.1, 0.15) is 29.1 Å². The number of carbonyl (C=O) groups excluding carboxylic acids is 1. The van der Waals surface area contributed by atoms with E-state index in [4.69, 9.17) is 14.1 Å². The molecule has 0 bridgehead atoms. The van der Waals surface area contributed by atoms with E-state index in [2.05, 4.69) is 57.5 Å². The molecule has 0 N–H and O–H groups in total. The number of methoxy groups -OCH3 is 1. The Morgan fingerprint density at radius 2 is 1.82 bits per heavy atom. The van der Waals surface area contributed by atoms with E-state index in [1.807, 2.05) is 29.2 Å². The molecule has 1 aliphatic heterocycles. The summed E-state index contributed by atoms with van der Waals surface area (Å²) in [5.74, 6) is 2.63. The Labute approximate surface area is 227 Å². The molecule has 1 saturated heterocycles. The third-order valence-corrected chi connectivity index (χ3v) is 7.62. The molecule has 2 aromatic heterocycles. The number of carbonyl (C=O) groups is 1. The zero-order valence-electron chi connectivity index (χ0n) is 21.9. The van der Waals surface area contributed by atoms with Crippen LogP contribution in [0.2, 0.25) is 0 Å². The second-order valence-electron chi connectivity index (χ2n) is 9.47. The fourth-order valence-electron chi connectivity index (χ4n) is 4.56. The second-order valence-corrected chi connectivity index (χ2v) is 10.2. The van der Waals surface area contributed by atoms with Gasteiger partial charge in [0.15, 0.2) is 0 Å². The Morgan fingerprint density at radius 1 is 1.05 bits per heavy atom. The first-order valence-corrected chi connectivity index (χ1v) is 13.7. The van der Waals surface area contributed by atoms with E-state index in [1.54, 1.807) is 13.4 Å². The number of hydrogen-bond donors (Lipinski definition) is 0. The van der Waals surface area contributed by atoms with E-state index in [0.29, 0.717) is 39.0 Å². The first-order valence-electron chi connectivity index (χ1n) is 12.9. The molecule has 5 rings (SSSR count). The number of rotatable bonds is 10. The van der Waals surface area contributed by atoms with E-state index < -0.39 is 0 Å². The van der Waals surface area contributed by atoms with Crippen molar-refractivity contribution in [2.24, 2.45) is 0 Å². The smallest absolute Gasteiger partial charge is 0.224 e. The highest BCUT2D eigenvalue weighted by Crippen LogP contribution is 2.23. The third kappa shape index (κ3) is 6.52. The van der Waals surface area contributed by atoms with Crippen molar-refractivity contribution in [2.75, 3.05) is 49.6 Å². The lowest BCUT2D eigenvalue weighted by Gasteiger charge is -2.36. The van der Waals surface area contributed by atoms with Gasteiger partial charge in [0.2, 0.25) is 11.0 Å². The summed E-state index contributed by atoms with van der Waals surface area (Å²) in [5.41, 5.74) is 3.57. The molecule has 38 heavy (non-hydrogen) atoms. The summed E-state index contributed by atoms with van der Waals surface area (Å²) in [6, 6.07) is 20.3. The Bertz CT molecular complexity index is 1300. The van der Waals surface area contributed by atoms with Crippen LogP contribution in [0.15, 0.2) is 71.3 Å². The van der Waals surface area contributed by atoms with Crippen molar-refractivity contribution in [2.45, 2.75) is 26.3 Å². The van der Waals surface area contributed by atoms with E-state index in [-0.39, 0.29) is 5.91 Å². The van der Waals surface area contributed by atoms with E-state index in [0.717, 1.165) is 41.2 Å². The van der Waals surface area contributed by atoms with Crippen LogP contribution in [0.4, 0.5) is 10.8 Å². The fraction of sp³-hybridized carbons (Fsp3) is 0.345. The molecule has 0 atom stereocenters. The maximum atomic E-state index is 13.1. The number of benzene rings is 2. The second kappa shape index (κ2) is 12.1. The minimum absolute atomic E-state index is 0.160. The van der Waals surface area contributed by atoms with Crippen LogP contribution in [-0.2, 0) is 17.8 Å². The molecule has 0 radical (unpaired) electrons. The Hall–Kier alpha value is -3.85. The number of furan rings is 1. The van der Waals surface area contributed by atoms with Gasteiger partial charge in [0, 0.05) is 62.8 Å². The molecule has 1 aliphatic rings. The maximum Gasteiger partial charge on any atom is 0.224 e. The van der Waals surface area contributed by atoms with Crippen LogP contribution in [0.5, 0.6) is 5.75 Å². The average Bonchev–Trinajstić information content (AvgIpc) is 3.65. The van der Waals surface area contributed by atoms with E-state index in [9.17, 15) is 4.79 Å². The highest BCUT2D eigenvalue weighted by atomic mass is 32.1. The number of anilines is 2. The predicted molar refractivity (Wildman–Crippen MR) is 150 cm³/mol. The maximum absolute atomic E-state index is 13.1. The molecule has 198 valence electrons. The highest BCUT2D eigenvalue weighted by molar-refractivity contribution is 7.09. The monoisotopic (exact) mass is 531 g/mol. The number of amides is 1. The predicted octanol–water partition coefficient (Wildman–Crippen LogP) is 4.78. The molecule has 9 heteroatoms. The zero-order valence-corrected chi connectivity index (χ0v) is 22.7. The fourth-order valence-corrected chi connectivity index (χ4v) is 5.27. The molecule has 8 nitrogen and oxygen atoms in total. The molecule has 2 aromatic carbocycles. The minimum Gasteiger partial charge on any atom is -0.497 e. The van der Waals surface area contributed by atoms with Gasteiger partial charge >= 0.3 is 0 Å². The zero-order chi connectivity index (χ0) is 26.3. The molecule has 3 heterocycles. The van der Waals surface area contributed by atoms with Crippen molar-refractivity contribution in [1.82, 2.24) is 14.3 Å². The lowest BCUT2D eigenvalue weighted by Crippen LogP contribution is -2.49. The number of ether oxygens (including phenoxy) is 1. The van der Waals surface area contributed by atoms with Gasteiger partial charge in [-0.25, -0.2) is 4.98 Å². The lowest BCUT2D eigenvalue weighted by molar-refractivity contribution is -0.131. The van der Waals surface area contributed by atoms with Gasteiger partial charge in [0.25, 0.3) is 0 Å². The Morgan fingerprint density at radius 3 is 2.50 bits per heavy atom. The van der Waals surface area contributed by atoms with Crippen molar-refractivity contribution in [3.8, 4) is 5.75 Å². The topological polar surface area (TPSA) is 74.9 Å². The van der Waals surface area contributed by atoms with Crippen LogP contribution >= 0.6 is 11.5 Å². The molecule has 0 spiro atoms.